The van der Waals surface area contributed by atoms with Crippen LogP contribution in [0.2, 0.25) is 0 Å². The van der Waals surface area contributed by atoms with E-state index in [0.29, 0.717) is 0 Å². The lowest BCUT2D eigenvalue weighted by molar-refractivity contribution is -0.0554. The molecule has 3 rings (SSSR count). The van der Waals surface area contributed by atoms with Crippen molar-refractivity contribution in [3.8, 4) is 0 Å². The molecule has 0 bridgehead atoms. The maximum Gasteiger partial charge on any atom is 0.0509 e. The second-order valence-electron chi connectivity index (χ2n) is 6.16. The fraction of sp³-hybridized carbons (Fsp3) is 0.647. The summed E-state index contributed by atoms with van der Waals surface area (Å²) in [6.45, 7) is 2.51. The van der Waals surface area contributed by atoms with Crippen LogP contribution in [0, 0.1) is 17.3 Å². The maximum atomic E-state index is 9.00. The van der Waals surface area contributed by atoms with E-state index in [1.165, 1.54) is 18.4 Å². The van der Waals surface area contributed by atoms with Gasteiger partial charge in [0.1, 0.15) is 0 Å². The topological polar surface area (TPSA) is 40.5 Å². The summed E-state index contributed by atoms with van der Waals surface area (Å²) in [4.78, 5) is 0. The summed E-state index contributed by atoms with van der Waals surface area (Å²) in [6, 6.07) is 10.5. The molecule has 2 heteroatoms. The molecule has 106 valence electrons. The molecule has 0 amide bonds. The SMILES string of the molecule is CCc1ccccc1.OCC1(CO)CC(C2CC2)C1. The lowest BCUT2D eigenvalue weighted by Gasteiger charge is -2.45. The number of aliphatic hydroxyl groups excluding tert-OH is 2. The lowest BCUT2D eigenvalue weighted by atomic mass is 9.61. The zero-order valence-electron chi connectivity index (χ0n) is 11.9. The van der Waals surface area contributed by atoms with Crippen LogP contribution in [0.15, 0.2) is 30.3 Å². The van der Waals surface area contributed by atoms with Gasteiger partial charge in [-0.1, -0.05) is 37.3 Å². The largest absolute Gasteiger partial charge is 0.396 e. The van der Waals surface area contributed by atoms with E-state index in [9.17, 15) is 0 Å². The number of benzene rings is 1. The van der Waals surface area contributed by atoms with Gasteiger partial charge < -0.3 is 10.2 Å². The van der Waals surface area contributed by atoms with Crippen molar-refractivity contribution in [2.45, 2.75) is 39.0 Å². The summed E-state index contributed by atoms with van der Waals surface area (Å²) in [7, 11) is 0. The van der Waals surface area contributed by atoms with Crippen LogP contribution in [0.1, 0.15) is 38.2 Å². The molecule has 1 aromatic carbocycles. The monoisotopic (exact) mass is 262 g/mol. The smallest absolute Gasteiger partial charge is 0.0509 e. The molecule has 2 nitrogen and oxygen atoms in total. The van der Waals surface area contributed by atoms with Gasteiger partial charge >= 0.3 is 0 Å². The van der Waals surface area contributed by atoms with Crippen molar-refractivity contribution >= 4 is 0 Å². The van der Waals surface area contributed by atoms with Gasteiger partial charge in [0.05, 0.1) is 13.2 Å². The first-order chi connectivity index (χ1) is 9.23. The van der Waals surface area contributed by atoms with Crippen molar-refractivity contribution in [1.29, 1.82) is 0 Å². The predicted molar refractivity (Wildman–Crippen MR) is 77.9 cm³/mol. The Hall–Kier alpha value is -0.860. The predicted octanol–water partition coefficient (Wildman–Crippen LogP) is 3.03. The molecule has 0 unspecified atom stereocenters. The molecule has 0 saturated heterocycles. The summed E-state index contributed by atoms with van der Waals surface area (Å²) in [5.74, 6) is 1.77. The fourth-order valence-corrected chi connectivity index (χ4v) is 2.98. The van der Waals surface area contributed by atoms with Crippen molar-refractivity contribution in [3.05, 3.63) is 35.9 Å². The van der Waals surface area contributed by atoms with Crippen LogP contribution in [0.3, 0.4) is 0 Å². The molecule has 0 atom stereocenters. The van der Waals surface area contributed by atoms with E-state index < -0.39 is 0 Å². The number of rotatable bonds is 4. The third kappa shape index (κ3) is 3.80. The third-order valence-electron chi connectivity index (χ3n) is 4.60. The summed E-state index contributed by atoms with van der Waals surface area (Å²) >= 11 is 0. The Kier molecular flexibility index (Phi) is 5.00. The van der Waals surface area contributed by atoms with Gasteiger partial charge in [-0.05, 0) is 49.5 Å². The normalized spacial score (nSPS) is 21.2. The van der Waals surface area contributed by atoms with E-state index >= 15 is 0 Å². The van der Waals surface area contributed by atoms with Crippen molar-refractivity contribution in [2.24, 2.45) is 17.3 Å². The highest BCUT2D eigenvalue weighted by Gasteiger charge is 2.48. The highest BCUT2D eigenvalue weighted by Crippen LogP contribution is 2.55. The van der Waals surface area contributed by atoms with Crippen molar-refractivity contribution in [2.75, 3.05) is 13.2 Å². The molecule has 0 radical (unpaired) electrons. The summed E-state index contributed by atoms with van der Waals surface area (Å²) in [6.07, 6.45) is 6.03. The molecule has 0 aromatic heterocycles. The van der Waals surface area contributed by atoms with E-state index in [2.05, 4.69) is 31.2 Å². The molecule has 0 spiro atoms. The van der Waals surface area contributed by atoms with Crippen molar-refractivity contribution in [1.82, 2.24) is 0 Å². The lowest BCUT2D eigenvalue weighted by Crippen LogP contribution is -2.44. The minimum absolute atomic E-state index is 0.0900. The first kappa shape index (κ1) is 14.5. The van der Waals surface area contributed by atoms with E-state index in [0.717, 1.165) is 31.1 Å². The summed E-state index contributed by atoms with van der Waals surface area (Å²) in [5, 5.41) is 18.0. The van der Waals surface area contributed by atoms with E-state index in [1.54, 1.807) is 0 Å². The summed E-state index contributed by atoms with van der Waals surface area (Å²) < 4.78 is 0. The van der Waals surface area contributed by atoms with E-state index in [4.69, 9.17) is 10.2 Å². The van der Waals surface area contributed by atoms with Crippen LogP contribution in [0.5, 0.6) is 0 Å². The summed E-state index contributed by atoms with van der Waals surface area (Å²) in [5.41, 5.74) is 1.32. The molecule has 1 aromatic rings. The highest BCUT2D eigenvalue weighted by atomic mass is 16.3. The fourth-order valence-electron chi connectivity index (χ4n) is 2.98. The molecular formula is C17H26O2. The molecular weight excluding hydrogens is 236 g/mol. The standard InChI is InChI=1S/C9H16O2.C8H10/c10-5-9(6-11)3-8(4-9)7-1-2-7;1-2-8-6-4-3-5-7-8/h7-8,10-11H,1-6H2;3-7H,2H2,1H3. The van der Waals surface area contributed by atoms with Gasteiger partial charge in [0.2, 0.25) is 0 Å². The molecule has 0 heterocycles. The Morgan fingerprint density at radius 3 is 1.95 bits per heavy atom. The van der Waals surface area contributed by atoms with Gasteiger partial charge in [0.25, 0.3) is 0 Å². The minimum atomic E-state index is -0.0900. The van der Waals surface area contributed by atoms with Crippen LogP contribution < -0.4 is 0 Å². The quantitative estimate of drug-likeness (QED) is 0.875. The molecule has 2 aliphatic rings. The molecule has 2 saturated carbocycles. The van der Waals surface area contributed by atoms with Gasteiger partial charge in [-0.15, -0.1) is 0 Å². The molecule has 2 N–H and O–H groups in total. The zero-order valence-corrected chi connectivity index (χ0v) is 11.9. The Morgan fingerprint density at radius 2 is 1.58 bits per heavy atom. The van der Waals surface area contributed by atoms with E-state index in [-0.39, 0.29) is 18.6 Å². The van der Waals surface area contributed by atoms with Crippen LogP contribution in [-0.2, 0) is 6.42 Å². The molecule has 0 aliphatic heterocycles. The van der Waals surface area contributed by atoms with Crippen molar-refractivity contribution in [3.63, 3.8) is 0 Å². The first-order valence-corrected chi connectivity index (χ1v) is 7.48. The van der Waals surface area contributed by atoms with Crippen LogP contribution in [0.4, 0.5) is 0 Å². The van der Waals surface area contributed by atoms with Crippen LogP contribution >= 0.6 is 0 Å². The van der Waals surface area contributed by atoms with Gasteiger partial charge in [0, 0.05) is 5.41 Å². The van der Waals surface area contributed by atoms with Crippen LogP contribution in [-0.4, -0.2) is 23.4 Å². The number of hydrogen-bond donors (Lipinski definition) is 2. The Labute approximate surface area is 116 Å². The second-order valence-corrected chi connectivity index (χ2v) is 6.16. The minimum Gasteiger partial charge on any atom is -0.396 e. The molecule has 2 aliphatic carbocycles. The zero-order chi connectivity index (χ0) is 13.7. The number of aliphatic hydroxyl groups is 2. The highest BCUT2D eigenvalue weighted by molar-refractivity contribution is 5.13. The van der Waals surface area contributed by atoms with Gasteiger partial charge in [-0.25, -0.2) is 0 Å². The average molecular weight is 262 g/mol. The Balaban J connectivity index is 0.000000148. The number of aryl methyl sites for hydroxylation is 1. The molecule has 2 fully saturated rings. The first-order valence-electron chi connectivity index (χ1n) is 7.48. The van der Waals surface area contributed by atoms with Crippen molar-refractivity contribution < 1.29 is 10.2 Å². The Bertz CT molecular complexity index is 358. The van der Waals surface area contributed by atoms with Gasteiger partial charge in [-0.2, -0.15) is 0 Å². The van der Waals surface area contributed by atoms with E-state index in [1.807, 2.05) is 6.07 Å². The third-order valence-corrected chi connectivity index (χ3v) is 4.60. The Morgan fingerprint density at radius 1 is 1.00 bits per heavy atom. The van der Waals surface area contributed by atoms with Gasteiger partial charge in [0.15, 0.2) is 0 Å². The average Bonchev–Trinajstić information content (AvgIpc) is 3.25. The maximum absolute atomic E-state index is 9.00. The second kappa shape index (κ2) is 6.53. The molecule has 19 heavy (non-hydrogen) atoms. The van der Waals surface area contributed by atoms with Gasteiger partial charge in [-0.3, -0.25) is 0 Å². The van der Waals surface area contributed by atoms with Crippen LogP contribution in [0.25, 0.3) is 0 Å². The number of hydrogen-bond acceptors (Lipinski definition) is 2.